The van der Waals surface area contributed by atoms with Crippen LogP contribution in [-0.4, -0.2) is 32.4 Å². The Kier molecular flexibility index (Phi) is 5.07. The van der Waals surface area contributed by atoms with Crippen molar-refractivity contribution in [3.63, 3.8) is 0 Å². The molecular weight excluding hydrogens is 317 g/mol. The smallest absolute Gasteiger partial charge is 0.329 e. The summed E-state index contributed by atoms with van der Waals surface area (Å²) in [5.74, 6) is 0. The van der Waals surface area contributed by atoms with E-state index in [1.807, 2.05) is 0 Å². The van der Waals surface area contributed by atoms with Crippen LogP contribution in [0, 0.1) is 0 Å². The van der Waals surface area contributed by atoms with Gasteiger partial charge < -0.3 is 5.73 Å². The summed E-state index contributed by atoms with van der Waals surface area (Å²) in [5.41, 5.74) is 4.38. The van der Waals surface area contributed by atoms with Crippen molar-refractivity contribution in [3.05, 3.63) is 28.8 Å². The van der Waals surface area contributed by atoms with E-state index in [0.717, 1.165) is 10.4 Å². The fourth-order valence-electron chi connectivity index (χ4n) is 1.43. The number of rotatable bonds is 4. The number of hydrogen-bond acceptors (Lipinski definition) is 3. The van der Waals surface area contributed by atoms with E-state index in [9.17, 15) is 21.6 Å². The minimum atomic E-state index is -4.58. The Balaban J connectivity index is 3.28. The first-order valence-electron chi connectivity index (χ1n) is 5.56. The zero-order valence-corrected chi connectivity index (χ0v) is 12.4. The molecule has 20 heavy (non-hydrogen) atoms. The standard InChI is InChI=1S/C11H14ClF3N2O2S/c1-7(6-16)17(2)20(18,19)10-4-3-8(5-9(10)12)11(13,14)15/h3-5,7H,6,16H2,1-2H3. The van der Waals surface area contributed by atoms with E-state index < -0.39 is 32.8 Å². The van der Waals surface area contributed by atoms with E-state index in [4.69, 9.17) is 17.3 Å². The number of benzene rings is 1. The molecule has 4 nitrogen and oxygen atoms in total. The summed E-state index contributed by atoms with van der Waals surface area (Å²) in [6.45, 7) is 1.66. The number of likely N-dealkylation sites (N-methyl/N-ethyl adjacent to an activating group) is 1. The molecule has 0 fully saturated rings. The monoisotopic (exact) mass is 330 g/mol. The van der Waals surface area contributed by atoms with E-state index in [1.54, 1.807) is 6.92 Å². The van der Waals surface area contributed by atoms with Gasteiger partial charge in [-0.05, 0) is 25.1 Å². The molecule has 114 valence electrons. The molecule has 0 spiro atoms. The maximum atomic E-state index is 12.5. The fraction of sp³-hybridized carbons (Fsp3) is 0.455. The van der Waals surface area contributed by atoms with Gasteiger partial charge in [-0.25, -0.2) is 8.42 Å². The minimum Gasteiger partial charge on any atom is -0.329 e. The van der Waals surface area contributed by atoms with Crippen molar-refractivity contribution in [3.8, 4) is 0 Å². The second kappa shape index (κ2) is 5.88. The van der Waals surface area contributed by atoms with Gasteiger partial charge in [-0.2, -0.15) is 17.5 Å². The molecule has 0 aliphatic heterocycles. The average Bonchev–Trinajstić information content (AvgIpc) is 2.35. The van der Waals surface area contributed by atoms with E-state index in [-0.39, 0.29) is 11.4 Å². The molecule has 0 saturated heterocycles. The number of alkyl halides is 3. The van der Waals surface area contributed by atoms with Crippen molar-refractivity contribution in [1.82, 2.24) is 4.31 Å². The Morgan fingerprint density at radius 1 is 1.40 bits per heavy atom. The van der Waals surface area contributed by atoms with Crippen molar-refractivity contribution in [2.24, 2.45) is 5.73 Å². The summed E-state index contributed by atoms with van der Waals surface area (Å²) < 4.78 is 62.9. The van der Waals surface area contributed by atoms with Crippen LogP contribution in [-0.2, 0) is 16.2 Å². The van der Waals surface area contributed by atoms with E-state index >= 15 is 0 Å². The summed E-state index contributed by atoms with van der Waals surface area (Å²) in [4.78, 5) is -0.380. The lowest BCUT2D eigenvalue weighted by molar-refractivity contribution is -0.137. The summed E-state index contributed by atoms with van der Waals surface area (Å²) >= 11 is 5.67. The van der Waals surface area contributed by atoms with Crippen LogP contribution in [0.4, 0.5) is 13.2 Å². The molecule has 0 radical (unpaired) electrons. The molecule has 2 N–H and O–H groups in total. The molecule has 0 bridgehead atoms. The van der Waals surface area contributed by atoms with Gasteiger partial charge in [-0.3, -0.25) is 0 Å². The first-order chi connectivity index (χ1) is 9.01. The topological polar surface area (TPSA) is 63.4 Å². The Morgan fingerprint density at radius 3 is 2.35 bits per heavy atom. The average molecular weight is 331 g/mol. The molecule has 1 aromatic rings. The van der Waals surface area contributed by atoms with Crippen LogP contribution in [0.5, 0.6) is 0 Å². The highest BCUT2D eigenvalue weighted by atomic mass is 35.5. The predicted octanol–water partition coefficient (Wildman–Crippen LogP) is 2.33. The van der Waals surface area contributed by atoms with Crippen LogP contribution in [0.3, 0.4) is 0 Å². The van der Waals surface area contributed by atoms with E-state index in [2.05, 4.69) is 0 Å². The molecule has 0 saturated carbocycles. The molecule has 1 aromatic carbocycles. The SMILES string of the molecule is CC(CN)N(C)S(=O)(=O)c1ccc(C(F)(F)F)cc1Cl. The van der Waals surface area contributed by atoms with Crippen LogP contribution < -0.4 is 5.73 Å². The second-order valence-electron chi connectivity index (χ2n) is 4.25. The Labute approximate surface area is 120 Å². The Morgan fingerprint density at radius 2 is 1.95 bits per heavy atom. The lowest BCUT2D eigenvalue weighted by Crippen LogP contribution is -2.39. The highest BCUT2D eigenvalue weighted by molar-refractivity contribution is 7.89. The molecule has 1 rings (SSSR count). The first kappa shape index (κ1) is 17.2. The molecule has 1 atom stereocenters. The highest BCUT2D eigenvalue weighted by Crippen LogP contribution is 2.34. The largest absolute Gasteiger partial charge is 0.416 e. The predicted molar refractivity (Wildman–Crippen MR) is 69.9 cm³/mol. The number of sulfonamides is 1. The maximum Gasteiger partial charge on any atom is 0.416 e. The van der Waals surface area contributed by atoms with Crippen molar-refractivity contribution in [2.75, 3.05) is 13.6 Å². The molecule has 0 aliphatic carbocycles. The highest BCUT2D eigenvalue weighted by Gasteiger charge is 2.33. The van der Waals surface area contributed by atoms with Gasteiger partial charge in [0.15, 0.2) is 0 Å². The quantitative estimate of drug-likeness (QED) is 0.921. The lowest BCUT2D eigenvalue weighted by atomic mass is 10.2. The molecule has 0 heterocycles. The van der Waals surface area contributed by atoms with Gasteiger partial charge in [-0.15, -0.1) is 0 Å². The third kappa shape index (κ3) is 3.43. The molecule has 0 aromatic heterocycles. The van der Waals surface area contributed by atoms with Crippen LogP contribution in [0.2, 0.25) is 5.02 Å². The first-order valence-corrected chi connectivity index (χ1v) is 7.38. The van der Waals surface area contributed by atoms with Crippen LogP contribution in [0.15, 0.2) is 23.1 Å². The minimum absolute atomic E-state index is 0.0774. The van der Waals surface area contributed by atoms with Crippen molar-refractivity contribution < 1.29 is 21.6 Å². The molecule has 1 unspecified atom stereocenters. The Bertz CT molecular complexity index is 590. The van der Waals surface area contributed by atoms with Gasteiger partial charge in [0.1, 0.15) is 4.90 Å². The number of hydrogen-bond donors (Lipinski definition) is 1. The fourth-order valence-corrected chi connectivity index (χ4v) is 3.32. The van der Waals surface area contributed by atoms with E-state index in [0.29, 0.717) is 12.1 Å². The van der Waals surface area contributed by atoms with Crippen LogP contribution in [0.1, 0.15) is 12.5 Å². The van der Waals surface area contributed by atoms with E-state index in [1.165, 1.54) is 7.05 Å². The number of halogens is 4. The van der Waals surface area contributed by atoms with Gasteiger partial charge in [-0.1, -0.05) is 11.6 Å². The molecule has 0 amide bonds. The normalized spacial score (nSPS) is 14.6. The van der Waals surface area contributed by atoms with Gasteiger partial charge >= 0.3 is 6.18 Å². The van der Waals surface area contributed by atoms with Crippen LogP contribution >= 0.6 is 11.6 Å². The third-order valence-electron chi connectivity index (χ3n) is 2.88. The lowest BCUT2D eigenvalue weighted by Gasteiger charge is -2.23. The van der Waals surface area contributed by atoms with Crippen molar-refractivity contribution >= 4 is 21.6 Å². The molecule has 9 heteroatoms. The Hall–Kier alpha value is -0.830. The summed E-state index contributed by atoms with van der Waals surface area (Å²) in [5, 5.41) is -0.476. The van der Waals surface area contributed by atoms with Crippen molar-refractivity contribution in [1.29, 1.82) is 0 Å². The van der Waals surface area contributed by atoms with Crippen molar-refractivity contribution in [2.45, 2.75) is 24.0 Å². The zero-order valence-electron chi connectivity index (χ0n) is 10.8. The molecule has 0 aliphatic rings. The number of nitrogens with zero attached hydrogens (tertiary/aromatic N) is 1. The van der Waals surface area contributed by atoms with Gasteiger partial charge in [0, 0.05) is 19.6 Å². The van der Waals surface area contributed by atoms with Gasteiger partial charge in [0.2, 0.25) is 10.0 Å². The molecular formula is C11H14ClF3N2O2S. The summed E-state index contributed by atoms with van der Waals surface area (Å²) in [6.07, 6.45) is -4.58. The summed E-state index contributed by atoms with van der Waals surface area (Å²) in [6, 6.07) is 1.62. The third-order valence-corrected chi connectivity index (χ3v) is 5.33. The van der Waals surface area contributed by atoms with Gasteiger partial charge in [0.25, 0.3) is 0 Å². The van der Waals surface area contributed by atoms with Gasteiger partial charge in [0.05, 0.1) is 10.6 Å². The zero-order chi connectivity index (χ0) is 15.7. The maximum absolute atomic E-state index is 12.5. The number of nitrogens with two attached hydrogens (primary N) is 1. The second-order valence-corrected chi connectivity index (χ2v) is 6.62. The van der Waals surface area contributed by atoms with Crippen LogP contribution in [0.25, 0.3) is 0 Å². The summed E-state index contributed by atoms with van der Waals surface area (Å²) in [7, 11) is -2.70.